The lowest BCUT2D eigenvalue weighted by atomic mass is 9.95. The molecule has 0 aromatic rings. The smallest absolute Gasteiger partial charge is 0.321 e. The normalized spacial score (nSPS) is 38.9. The number of imide groups is 1. The highest BCUT2D eigenvalue weighted by atomic mass is 16.4. The SMILES string of the molecule is CC1(C)[C@@]2(C(=O)O)C(=O)NC(=O)[C@]12C(=O)O. The summed E-state index contributed by atoms with van der Waals surface area (Å²) in [5.41, 5.74) is -5.77. The third-order valence-electron chi connectivity index (χ3n) is 3.92. The lowest BCUT2D eigenvalue weighted by Crippen LogP contribution is -2.39. The lowest BCUT2D eigenvalue weighted by Gasteiger charge is -2.13. The van der Waals surface area contributed by atoms with E-state index in [0.717, 1.165) is 0 Å². The number of carboxylic acids is 2. The third-order valence-corrected chi connectivity index (χ3v) is 3.92. The molecule has 3 N–H and O–H groups in total. The van der Waals surface area contributed by atoms with Crippen molar-refractivity contribution in [1.29, 1.82) is 0 Å². The van der Waals surface area contributed by atoms with Gasteiger partial charge in [-0.1, -0.05) is 13.8 Å². The molecule has 2 amide bonds. The van der Waals surface area contributed by atoms with E-state index in [2.05, 4.69) is 0 Å². The van der Waals surface area contributed by atoms with Gasteiger partial charge in [-0.05, 0) is 0 Å². The molecule has 7 heteroatoms. The number of nitrogens with one attached hydrogen (secondary N) is 1. The molecule has 1 aliphatic heterocycles. The second-order valence-corrected chi connectivity index (χ2v) is 4.52. The minimum absolute atomic E-state index is 1.04. The van der Waals surface area contributed by atoms with Gasteiger partial charge in [-0.15, -0.1) is 0 Å². The van der Waals surface area contributed by atoms with Crippen LogP contribution < -0.4 is 5.32 Å². The molecule has 1 heterocycles. The third kappa shape index (κ3) is 0.568. The van der Waals surface area contributed by atoms with E-state index in [9.17, 15) is 19.2 Å². The quantitative estimate of drug-likeness (QED) is 0.403. The first-order chi connectivity index (χ1) is 7.19. The topological polar surface area (TPSA) is 121 Å². The van der Waals surface area contributed by atoms with Gasteiger partial charge in [0, 0.05) is 5.41 Å². The molecule has 1 saturated carbocycles. The van der Waals surface area contributed by atoms with Gasteiger partial charge < -0.3 is 10.2 Å². The fraction of sp³-hybridized carbons (Fsp3) is 0.556. The van der Waals surface area contributed by atoms with E-state index in [1.165, 1.54) is 13.8 Å². The van der Waals surface area contributed by atoms with Gasteiger partial charge in [-0.2, -0.15) is 0 Å². The van der Waals surface area contributed by atoms with E-state index in [0.29, 0.717) is 0 Å². The molecule has 2 aliphatic rings. The summed E-state index contributed by atoms with van der Waals surface area (Å²) in [4.78, 5) is 45.4. The number of piperidine rings is 1. The molecule has 0 aromatic heterocycles. The minimum atomic E-state index is -2.18. The van der Waals surface area contributed by atoms with Crippen molar-refractivity contribution in [3.63, 3.8) is 0 Å². The van der Waals surface area contributed by atoms with Crippen LogP contribution in [0.5, 0.6) is 0 Å². The summed E-state index contributed by atoms with van der Waals surface area (Å²) in [5.74, 6) is -5.25. The van der Waals surface area contributed by atoms with E-state index >= 15 is 0 Å². The Balaban J connectivity index is 2.77. The van der Waals surface area contributed by atoms with Gasteiger partial charge in [-0.25, -0.2) is 0 Å². The minimum Gasteiger partial charge on any atom is -0.480 e. The van der Waals surface area contributed by atoms with Crippen molar-refractivity contribution in [2.45, 2.75) is 13.8 Å². The Bertz CT molecular complexity index is 427. The Morgan fingerprint density at radius 3 is 1.50 bits per heavy atom. The molecule has 7 nitrogen and oxygen atoms in total. The van der Waals surface area contributed by atoms with E-state index in [1.807, 2.05) is 0 Å². The van der Waals surface area contributed by atoms with Crippen molar-refractivity contribution in [2.75, 3.05) is 0 Å². The number of carbonyl (C=O) groups is 4. The maximum atomic E-state index is 11.5. The van der Waals surface area contributed by atoms with Crippen LogP contribution in [-0.4, -0.2) is 34.0 Å². The molecule has 16 heavy (non-hydrogen) atoms. The van der Waals surface area contributed by atoms with Gasteiger partial charge in [-0.3, -0.25) is 24.5 Å². The molecule has 1 saturated heterocycles. The predicted molar refractivity (Wildman–Crippen MR) is 47.1 cm³/mol. The van der Waals surface area contributed by atoms with Crippen LogP contribution in [0.3, 0.4) is 0 Å². The zero-order valence-electron chi connectivity index (χ0n) is 8.53. The second-order valence-electron chi connectivity index (χ2n) is 4.52. The van der Waals surface area contributed by atoms with Crippen LogP contribution in [0.15, 0.2) is 0 Å². The summed E-state index contributed by atoms with van der Waals surface area (Å²) in [6, 6.07) is 0. The Hall–Kier alpha value is -1.92. The number of fused-ring (bicyclic) bond motifs is 1. The van der Waals surface area contributed by atoms with Crippen molar-refractivity contribution >= 4 is 23.8 Å². The Morgan fingerprint density at radius 2 is 1.31 bits per heavy atom. The fourth-order valence-corrected chi connectivity index (χ4v) is 3.12. The number of rotatable bonds is 2. The molecule has 2 rings (SSSR count). The highest BCUT2D eigenvalue weighted by Gasteiger charge is 3.00. The summed E-state index contributed by atoms with van der Waals surface area (Å²) >= 11 is 0. The zero-order valence-corrected chi connectivity index (χ0v) is 8.53. The van der Waals surface area contributed by atoms with Crippen LogP contribution in [0.1, 0.15) is 13.8 Å². The number of carbonyl (C=O) groups excluding carboxylic acids is 2. The number of carboxylic acid groups (broad SMARTS) is 2. The first-order valence-electron chi connectivity index (χ1n) is 4.51. The Kier molecular flexibility index (Phi) is 1.49. The van der Waals surface area contributed by atoms with Crippen LogP contribution in [0.25, 0.3) is 0 Å². The summed E-state index contributed by atoms with van der Waals surface area (Å²) < 4.78 is 0. The Labute approximate surface area is 89.4 Å². The summed E-state index contributed by atoms with van der Waals surface area (Å²) in [5, 5.41) is 19.9. The predicted octanol–water partition coefficient (Wildman–Crippen LogP) is -1.18. The molecule has 0 unspecified atom stereocenters. The van der Waals surface area contributed by atoms with E-state index in [1.54, 1.807) is 5.32 Å². The van der Waals surface area contributed by atoms with Crippen LogP contribution >= 0.6 is 0 Å². The first-order valence-corrected chi connectivity index (χ1v) is 4.51. The van der Waals surface area contributed by atoms with E-state index in [4.69, 9.17) is 10.2 Å². The molecule has 0 radical (unpaired) electrons. The number of amides is 2. The molecular formula is C9H9NO6. The fourth-order valence-electron chi connectivity index (χ4n) is 3.12. The number of hydrogen-bond acceptors (Lipinski definition) is 4. The highest BCUT2D eigenvalue weighted by molar-refractivity contribution is 6.32. The van der Waals surface area contributed by atoms with Gasteiger partial charge in [0.15, 0.2) is 10.8 Å². The molecule has 2 fully saturated rings. The maximum Gasteiger partial charge on any atom is 0.321 e. The maximum absolute atomic E-state index is 11.5. The van der Waals surface area contributed by atoms with Crippen molar-refractivity contribution < 1.29 is 29.4 Å². The molecule has 0 aromatic carbocycles. The monoisotopic (exact) mass is 227 g/mol. The standard InChI is InChI=1S/C9H9NO6/c1-7(2)8(5(13)14)3(11)10-4(12)9(7,8)6(15)16/h1-2H3,(H,13,14)(H,15,16)(H,10,11,12)/t8-,9-/m0/s1. The van der Waals surface area contributed by atoms with Crippen LogP contribution in [0.2, 0.25) is 0 Å². The lowest BCUT2D eigenvalue weighted by molar-refractivity contribution is -0.156. The van der Waals surface area contributed by atoms with Gasteiger partial charge in [0.1, 0.15) is 0 Å². The molecular weight excluding hydrogens is 218 g/mol. The largest absolute Gasteiger partial charge is 0.480 e. The Morgan fingerprint density at radius 1 is 1.00 bits per heavy atom. The molecule has 86 valence electrons. The van der Waals surface area contributed by atoms with Crippen LogP contribution in [0, 0.1) is 16.2 Å². The summed E-state index contributed by atoms with van der Waals surface area (Å²) in [6.07, 6.45) is 0. The molecule has 1 aliphatic carbocycles. The summed E-state index contributed by atoms with van der Waals surface area (Å²) in [6.45, 7) is 2.60. The molecule has 0 bridgehead atoms. The van der Waals surface area contributed by atoms with Gasteiger partial charge in [0.05, 0.1) is 0 Å². The second kappa shape index (κ2) is 2.26. The van der Waals surface area contributed by atoms with Crippen molar-refractivity contribution in [3.05, 3.63) is 0 Å². The average Bonchev–Trinajstić information content (AvgIpc) is 2.44. The van der Waals surface area contributed by atoms with E-state index in [-0.39, 0.29) is 0 Å². The van der Waals surface area contributed by atoms with Crippen molar-refractivity contribution in [1.82, 2.24) is 5.32 Å². The van der Waals surface area contributed by atoms with E-state index < -0.39 is 40.0 Å². The van der Waals surface area contributed by atoms with Crippen LogP contribution in [0.4, 0.5) is 0 Å². The van der Waals surface area contributed by atoms with Gasteiger partial charge in [0.25, 0.3) is 0 Å². The molecule has 2 atom stereocenters. The highest BCUT2D eigenvalue weighted by Crippen LogP contribution is 2.80. The number of aliphatic carboxylic acids is 2. The zero-order chi connectivity index (χ0) is 12.5. The average molecular weight is 227 g/mol. The van der Waals surface area contributed by atoms with Crippen molar-refractivity contribution in [3.8, 4) is 0 Å². The summed E-state index contributed by atoms with van der Waals surface area (Å²) in [7, 11) is 0. The molecule has 0 spiro atoms. The van der Waals surface area contributed by atoms with Gasteiger partial charge in [0.2, 0.25) is 11.8 Å². The van der Waals surface area contributed by atoms with Gasteiger partial charge >= 0.3 is 11.9 Å². The number of hydrogen-bond donors (Lipinski definition) is 3. The van der Waals surface area contributed by atoms with Crippen molar-refractivity contribution in [2.24, 2.45) is 16.2 Å². The first kappa shape index (κ1) is 10.6. The van der Waals surface area contributed by atoms with Crippen LogP contribution in [-0.2, 0) is 19.2 Å².